The number of ketones is 1. The smallest absolute Gasteiger partial charge is 0.382 e. The third-order valence-corrected chi connectivity index (χ3v) is 3.62. The van der Waals surface area contributed by atoms with Crippen LogP contribution in [0.2, 0.25) is 0 Å². The summed E-state index contributed by atoms with van der Waals surface area (Å²) < 4.78 is 0. The molecule has 0 radical (unpaired) electrons. The summed E-state index contributed by atoms with van der Waals surface area (Å²) in [6.45, 7) is 2.10. The van der Waals surface area contributed by atoms with Gasteiger partial charge in [-0.05, 0) is 44.0 Å². The Kier molecular flexibility index (Phi) is 4.45. The first-order valence-corrected chi connectivity index (χ1v) is 6.87. The van der Waals surface area contributed by atoms with Crippen molar-refractivity contribution in [2.24, 2.45) is 5.41 Å². The van der Waals surface area contributed by atoms with Gasteiger partial charge in [0, 0.05) is 35.3 Å². The van der Waals surface area contributed by atoms with Crippen molar-refractivity contribution in [1.82, 2.24) is 0 Å². The molecular formula is C18H16O3. The van der Waals surface area contributed by atoms with Gasteiger partial charge in [0.05, 0.1) is 0 Å². The number of Topliss-reactive ketones (excluding diaryl/α,β-unsaturated/α-hetero) is 1. The van der Waals surface area contributed by atoms with E-state index in [-0.39, 0.29) is 5.41 Å². The van der Waals surface area contributed by atoms with Crippen LogP contribution in [-0.4, -0.2) is 16.9 Å². The fourth-order valence-corrected chi connectivity index (χ4v) is 2.19. The maximum atomic E-state index is 11.3. The summed E-state index contributed by atoms with van der Waals surface area (Å²) in [7, 11) is 0. The quantitative estimate of drug-likeness (QED) is 0.743. The Balaban J connectivity index is 2.08. The number of hydrogen-bond acceptors (Lipinski definition) is 2. The monoisotopic (exact) mass is 280 g/mol. The highest BCUT2D eigenvalue weighted by atomic mass is 16.4. The maximum absolute atomic E-state index is 11.3. The molecule has 1 aromatic rings. The molecule has 1 aromatic carbocycles. The van der Waals surface area contributed by atoms with Crippen molar-refractivity contribution in [2.45, 2.75) is 32.6 Å². The van der Waals surface area contributed by atoms with Crippen molar-refractivity contribution in [3.8, 4) is 23.7 Å². The third kappa shape index (κ3) is 4.51. The van der Waals surface area contributed by atoms with Gasteiger partial charge in [-0.15, -0.1) is 0 Å². The second-order valence-corrected chi connectivity index (χ2v) is 5.48. The largest absolute Gasteiger partial charge is 0.472 e. The molecule has 0 spiro atoms. The summed E-state index contributed by atoms with van der Waals surface area (Å²) in [5, 5.41) is 8.49. The van der Waals surface area contributed by atoms with E-state index >= 15 is 0 Å². The highest BCUT2D eigenvalue weighted by molar-refractivity contribution is 5.87. The summed E-state index contributed by atoms with van der Waals surface area (Å²) in [6, 6.07) is 7.17. The molecule has 106 valence electrons. The lowest BCUT2D eigenvalue weighted by atomic mass is 9.76. The van der Waals surface area contributed by atoms with Crippen molar-refractivity contribution in [1.29, 1.82) is 0 Å². The van der Waals surface area contributed by atoms with Crippen LogP contribution in [0.4, 0.5) is 0 Å². The highest BCUT2D eigenvalue weighted by Crippen LogP contribution is 2.33. The number of carboxylic acid groups (broad SMARTS) is 1. The van der Waals surface area contributed by atoms with Crippen LogP contribution in [0.5, 0.6) is 0 Å². The first kappa shape index (κ1) is 14.9. The van der Waals surface area contributed by atoms with Crippen LogP contribution >= 0.6 is 0 Å². The average molecular weight is 280 g/mol. The predicted octanol–water partition coefficient (Wildman–Crippen LogP) is 2.62. The van der Waals surface area contributed by atoms with Crippen LogP contribution < -0.4 is 0 Å². The molecule has 0 unspecified atom stereocenters. The lowest BCUT2D eigenvalue weighted by molar-refractivity contribution is -0.130. The maximum Gasteiger partial charge on any atom is 0.382 e. The SMILES string of the molecule is CC1(C#Cc2ccc(C#CC(=O)O)cc2)CCC(=O)CC1. The second-order valence-electron chi connectivity index (χ2n) is 5.48. The Morgan fingerprint density at radius 1 is 1.10 bits per heavy atom. The molecule has 0 atom stereocenters. The van der Waals surface area contributed by atoms with Crippen LogP contribution in [0.1, 0.15) is 43.7 Å². The normalized spacial score (nSPS) is 16.1. The fourth-order valence-electron chi connectivity index (χ4n) is 2.19. The van der Waals surface area contributed by atoms with Gasteiger partial charge in [-0.1, -0.05) is 17.8 Å². The molecule has 3 nitrogen and oxygen atoms in total. The standard InChI is InChI=1S/C18H16O3/c1-18(12-9-16(19)10-13-18)11-8-15-4-2-14(3-5-15)6-7-17(20)21/h2-5H,9-10,12-13H2,1H3,(H,20,21). The Bertz CT molecular complexity index is 665. The molecule has 0 heterocycles. The number of carbonyl (C=O) groups is 2. The lowest BCUT2D eigenvalue weighted by Gasteiger charge is -2.27. The number of hydrogen-bond donors (Lipinski definition) is 1. The van der Waals surface area contributed by atoms with Gasteiger partial charge in [-0.2, -0.15) is 0 Å². The zero-order chi connectivity index (χ0) is 15.3. The van der Waals surface area contributed by atoms with Gasteiger partial charge >= 0.3 is 5.97 Å². The molecule has 21 heavy (non-hydrogen) atoms. The number of benzene rings is 1. The predicted molar refractivity (Wildman–Crippen MR) is 79.4 cm³/mol. The highest BCUT2D eigenvalue weighted by Gasteiger charge is 2.28. The summed E-state index contributed by atoms with van der Waals surface area (Å²) in [6.07, 6.45) is 2.88. The van der Waals surface area contributed by atoms with Crippen molar-refractivity contribution < 1.29 is 14.7 Å². The topological polar surface area (TPSA) is 54.4 Å². The minimum absolute atomic E-state index is 0.0876. The molecule has 1 N–H and O–H groups in total. The molecular weight excluding hydrogens is 264 g/mol. The van der Waals surface area contributed by atoms with E-state index in [4.69, 9.17) is 5.11 Å². The van der Waals surface area contributed by atoms with Crippen LogP contribution in [0.25, 0.3) is 0 Å². The first-order valence-electron chi connectivity index (χ1n) is 6.87. The van der Waals surface area contributed by atoms with E-state index in [0.29, 0.717) is 24.2 Å². The van der Waals surface area contributed by atoms with Crippen LogP contribution in [0.15, 0.2) is 24.3 Å². The van der Waals surface area contributed by atoms with E-state index in [1.54, 1.807) is 12.1 Å². The molecule has 0 amide bonds. The molecule has 1 aliphatic rings. The Labute approximate surface area is 124 Å². The number of carboxylic acids is 1. The lowest BCUT2D eigenvalue weighted by Crippen LogP contribution is -2.22. The van der Waals surface area contributed by atoms with Crippen molar-refractivity contribution in [2.75, 3.05) is 0 Å². The van der Waals surface area contributed by atoms with Gasteiger partial charge < -0.3 is 5.11 Å². The Morgan fingerprint density at radius 2 is 1.62 bits per heavy atom. The minimum atomic E-state index is -1.14. The minimum Gasteiger partial charge on any atom is -0.472 e. The van der Waals surface area contributed by atoms with E-state index in [2.05, 4.69) is 30.6 Å². The number of carbonyl (C=O) groups excluding carboxylic acids is 1. The average Bonchev–Trinajstić information content (AvgIpc) is 2.48. The first-order chi connectivity index (χ1) is 9.97. The number of aliphatic carboxylic acids is 1. The van der Waals surface area contributed by atoms with E-state index in [9.17, 15) is 9.59 Å². The molecule has 0 aliphatic heterocycles. The van der Waals surface area contributed by atoms with E-state index in [0.717, 1.165) is 18.4 Å². The molecule has 0 saturated heterocycles. The second kappa shape index (κ2) is 6.29. The Morgan fingerprint density at radius 3 is 2.14 bits per heavy atom. The molecule has 0 bridgehead atoms. The van der Waals surface area contributed by atoms with Crippen molar-refractivity contribution >= 4 is 11.8 Å². The van der Waals surface area contributed by atoms with Crippen LogP contribution in [-0.2, 0) is 9.59 Å². The van der Waals surface area contributed by atoms with E-state index < -0.39 is 5.97 Å². The number of rotatable bonds is 0. The van der Waals surface area contributed by atoms with Gasteiger partial charge in [0.2, 0.25) is 0 Å². The van der Waals surface area contributed by atoms with E-state index in [1.807, 2.05) is 12.1 Å². The zero-order valence-electron chi connectivity index (χ0n) is 11.9. The van der Waals surface area contributed by atoms with Crippen molar-refractivity contribution in [3.63, 3.8) is 0 Å². The summed E-state index contributed by atoms with van der Waals surface area (Å²) in [5.74, 6) is 10.2. The van der Waals surface area contributed by atoms with Crippen LogP contribution in [0, 0.1) is 29.1 Å². The third-order valence-electron chi connectivity index (χ3n) is 3.62. The molecule has 0 aromatic heterocycles. The molecule has 1 fully saturated rings. The summed E-state index contributed by atoms with van der Waals surface area (Å²) in [4.78, 5) is 21.6. The van der Waals surface area contributed by atoms with Gasteiger partial charge in [-0.3, -0.25) is 4.79 Å². The van der Waals surface area contributed by atoms with Gasteiger partial charge in [0.1, 0.15) is 5.78 Å². The van der Waals surface area contributed by atoms with Gasteiger partial charge in [0.15, 0.2) is 0 Å². The summed E-state index contributed by atoms with van der Waals surface area (Å²) in [5.41, 5.74) is 1.43. The van der Waals surface area contributed by atoms with Gasteiger partial charge in [0.25, 0.3) is 0 Å². The van der Waals surface area contributed by atoms with Crippen molar-refractivity contribution in [3.05, 3.63) is 35.4 Å². The van der Waals surface area contributed by atoms with E-state index in [1.165, 1.54) is 0 Å². The molecule has 1 aliphatic carbocycles. The fraction of sp³-hybridized carbons (Fsp3) is 0.333. The molecule has 3 heteroatoms. The van der Waals surface area contributed by atoms with Gasteiger partial charge in [-0.25, -0.2) is 4.79 Å². The molecule has 1 saturated carbocycles. The summed E-state index contributed by atoms with van der Waals surface area (Å²) >= 11 is 0. The Hall–Kier alpha value is -2.52. The van der Waals surface area contributed by atoms with Crippen LogP contribution in [0.3, 0.4) is 0 Å². The molecule has 2 rings (SSSR count). The zero-order valence-corrected chi connectivity index (χ0v) is 11.9.